The highest BCUT2D eigenvalue weighted by Gasteiger charge is 2.53. The van der Waals surface area contributed by atoms with Crippen molar-refractivity contribution in [2.45, 2.75) is 51.9 Å². The van der Waals surface area contributed by atoms with E-state index in [0.717, 1.165) is 18.4 Å². The highest BCUT2D eigenvalue weighted by molar-refractivity contribution is 6.28. The summed E-state index contributed by atoms with van der Waals surface area (Å²) in [5, 5.41) is 0. The second-order valence-electron chi connectivity index (χ2n) is 6.04. The Morgan fingerprint density at radius 2 is 1.70 bits per heavy atom. The van der Waals surface area contributed by atoms with Crippen LogP contribution in [0.3, 0.4) is 0 Å². The van der Waals surface area contributed by atoms with Gasteiger partial charge in [0.2, 0.25) is 0 Å². The molecule has 1 aromatic rings. The Morgan fingerprint density at radius 1 is 1.09 bits per heavy atom. The molecule has 0 amide bonds. The van der Waals surface area contributed by atoms with E-state index in [9.17, 15) is 14.4 Å². The number of esters is 1. The van der Waals surface area contributed by atoms with Gasteiger partial charge >= 0.3 is 5.97 Å². The van der Waals surface area contributed by atoms with Gasteiger partial charge in [-0.3, -0.25) is 14.4 Å². The Hall–Kier alpha value is -1.97. The highest BCUT2D eigenvalue weighted by atomic mass is 16.5. The summed E-state index contributed by atoms with van der Waals surface area (Å²) in [6.07, 6.45) is 2.90. The van der Waals surface area contributed by atoms with Crippen LogP contribution in [0.4, 0.5) is 0 Å². The molecule has 0 heterocycles. The molecular formula is C19H24O4. The van der Waals surface area contributed by atoms with Gasteiger partial charge in [0, 0.05) is 5.56 Å². The Kier molecular flexibility index (Phi) is 5.34. The first kappa shape index (κ1) is 17.4. The standard InChI is InChI=1S/C19H24O4/c1-4-11-19(12-5-2)14-10-8-7-9-13(14)16(20)15(17(19)21)18(22)23-6-3/h7-10,15H,4-6,11-12H2,1-3H3. The average molecular weight is 316 g/mol. The van der Waals surface area contributed by atoms with E-state index in [0.29, 0.717) is 18.4 Å². The number of hydrogen-bond donors (Lipinski definition) is 0. The first-order chi connectivity index (χ1) is 11.0. The lowest BCUT2D eigenvalue weighted by molar-refractivity contribution is -0.151. The molecule has 0 spiro atoms. The summed E-state index contributed by atoms with van der Waals surface area (Å²) in [6.45, 7) is 5.87. The summed E-state index contributed by atoms with van der Waals surface area (Å²) in [7, 11) is 0. The van der Waals surface area contributed by atoms with E-state index >= 15 is 0 Å². The predicted molar refractivity (Wildman–Crippen MR) is 87.4 cm³/mol. The largest absolute Gasteiger partial charge is 0.465 e. The van der Waals surface area contributed by atoms with E-state index < -0.39 is 23.1 Å². The van der Waals surface area contributed by atoms with Crippen LogP contribution in [0, 0.1) is 5.92 Å². The zero-order valence-corrected chi connectivity index (χ0v) is 14.1. The molecule has 0 saturated carbocycles. The summed E-state index contributed by atoms with van der Waals surface area (Å²) < 4.78 is 5.01. The summed E-state index contributed by atoms with van der Waals surface area (Å²) in [5.74, 6) is -2.74. The third-order valence-corrected chi connectivity index (χ3v) is 4.58. The lowest BCUT2D eigenvalue weighted by Crippen LogP contribution is -2.51. The third kappa shape index (κ3) is 2.82. The maximum absolute atomic E-state index is 13.2. The maximum atomic E-state index is 13.2. The number of carbonyl (C=O) groups excluding carboxylic acids is 3. The molecule has 1 aliphatic rings. The molecule has 23 heavy (non-hydrogen) atoms. The normalized spacial score (nSPS) is 19.3. The molecule has 0 bridgehead atoms. The predicted octanol–water partition coefficient (Wildman–Crippen LogP) is 3.47. The molecule has 1 unspecified atom stereocenters. The molecule has 0 fully saturated rings. The van der Waals surface area contributed by atoms with Gasteiger partial charge in [-0.2, -0.15) is 0 Å². The van der Waals surface area contributed by atoms with Gasteiger partial charge in [-0.1, -0.05) is 51.0 Å². The first-order valence-corrected chi connectivity index (χ1v) is 8.38. The molecule has 0 aromatic heterocycles. The van der Waals surface area contributed by atoms with Crippen molar-refractivity contribution >= 4 is 17.5 Å². The quantitative estimate of drug-likeness (QED) is 0.595. The van der Waals surface area contributed by atoms with Crippen molar-refractivity contribution in [2.24, 2.45) is 5.92 Å². The van der Waals surface area contributed by atoms with Crippen LogP contribution >= 0.6 is 0 Å². The van der Waals surface area contributed by atoms with Gasteiger partial charge < -0.3 is 4.74 Å². The minimum atomic E-state index is -1.32. The second kappa shape index (κ2) is 7.07. The van der Waals surface area contributed by atoms with E-state index in [-0.39, 0.29) is 12.4 Å². The zero-order chi connectivity index (χ0) is 17.0. The van der Waals surface area contributed by atoms with Gasteiger partial charge in [-0.25, -0.2) is 0 Å². The van der Waals surface area contributed by atoms with Gasteiger partial charge in [0.15, 0.2) is 17.5 Å². The van der Waals surface area contributed by atoms with Crippen molar-refractivity contribution < 1.29 is 19.1 Å². The number of fused-ring (bicyclic) bond motifs is 1. The van der Waals surface area contributed by atoms with E-state index in [4.69, 9.17) is 4.74 Å². The van der Waals surface area contributed by atoms with Gasteiger partial charge in [0.1, 0.15) is 0 Å². The number of benzene rings is 1. The molecule has 4 heteroatoms. The summed E-state index contributed by atoms with van der Waals surface area (Å²) >= 11 is 0. The van der Waals surface area contributed by atoms with Crippen LogP contribution < -0.4 is 0 Å². The Labute approximate surface area is 137 Å². The summed E-state index contributed by atoms with van der Waals surface area (Å²) in [5.41, 5.74) is 0.511. The number of ketones is 2. The van der Waals surface area contributed by atoms with Crippen LogP contribution in [0.5, 0.6) is 0 Å². The Bertz CT molecular complexity index is 612. The Morgan fingerprint density at radius 3 is 2.26 bits per heavy atom. The topological polar surface area (TPSA) is 60.4 Å². The van der Waals surface area contributed by atoms with E-state index in [2.05, 4.69) is 0 Å². The average Bonchev–Trinajstić information content (AvgIpc) is 2.54. The number of rotatable bonds is 6. The minimum Gasteiger partial charge on any atom is -0.465 e. The van der Waals surface area contributed by atoms with Gasteiger partial charge in [0.05, 0.1) is 12.0 Å². The third-order valence-electron chi connectivity index (χ3n) is 4.58. The fourth-order valence-corrected chi connectivity index (χ4v) is 3.73. The molecule has 0 N–H and O–H groups in total. The van der Waals surface area contributed by atoms with E-state index in [1.165, 1.54) is 0 Å². The lowest BCUT2D eigenvalue weighted by Gasteiger charge is -2.39. The molecule has 124 valence electrons. The van der Waals surface area contributed by atoms with Crippen molar-refractivity contribution in [3.8, 4) is 0 Å². The number of carbonyl (C=O) groups is 3. The summed E-state index contributed by atoms with van der Waals surface area (Å²) in [6, 6.07) is 7.20. The SMILES string of the molecule is CCCC1(CCC)C(=O)C(C(=O)OCC)C(=O)c2ccccc21. The molecule has 0 aliphatic heterocycles. The van der Waals surface area contributed by atoms with Crippen LogP contribution in [0.25, 0.3) is 0 Å². The molecule has 0 saturated heterocycles. The van der Waals surface area contributed by atoms with Crippen molar-refractivity contribution in [3.63, 3.8) is 0 Å². The molecule has 1 aliphatic carbocycles. The van der Waals surface area contributed by atoms with Gasteiger partial charge in [-0.05, 0) is 25.3 Å². The summed E-state index contributed by atoms with van der Waals surface area (Å²) in [4.78, 5) is 38.2. The minimum absolute atomic E-state index is 0.159. The van der Waals surface area contributed by atoms with Crippen LogP contribution in [0.15, 0.2) is 24.3 Å². The lowest BCUT2D eigenvalue weighted by atomic mass is 9.61. The monoisotopic (exact) mass is 316 g/mol. The van der Waals surface area contributed by atoms with Crippen molar-refractivity contribution in [3.05, 3.63) is 35.4 Å². The first-order valence-electron chi connectivity index (χ1n) is 8.38. The molecule has 0 radical (unpaired) electrons. The zero-order valence-electron chi connectivity index (χ0n) is 14.1. The molecule has 1 aromatic carbocycles. The molecule has 2 rings (SSSR count). The van der Waals surface area contributed by atoms with Crippen LogP contribution in [-0.2, 0) is 19.7 Å². The number of Topliss-reactive ketones (excluding diaryl/α,β-unsaturated/α-hetero) is 2. The maximum Gasteiger partial charge on any atom is 0.324 e. The van der Waals surface area contributed by atoms with E-state index in [1.807, 2.05) is 26.0 Å². The van der Waals surface area contributed by atoms with Crippen molar-refractivity contribution in [1.29, 1.82) is 0 Å². The number of hydrogen-bond acceptors (Lipinski definition) is 4. The number of ether oxygens (including phenoxy) is 1. The van der Waals surface area contributed by atoms with E-state index in [1.54, 1.807) is 19.1 Å². The second-order valence-corrected chi connectivity index (χ2v) is 6.04. The molecule has 4 nitrogen and oxygen atoms in total. The van der Waals surface area contributed by atoms with Crippen molar-refractivity contribution in [1.82, 2.24) is 0 Å². The fourth-order valence-electron chi connectivity index (χ4n) is 3.73. The van der Waals surface area contributed by atoms with Gasteiger partial charge in [-0.15, -0.1) is 0 Å². The molecular weight excluding hydrogens is 292 g/mol. The Balaban J connectivity index is 2.64. The fraction of sp³-hybridized carbons (Fsp3) is 0.526. The van der Waals surface area contributed by atoms with Crippen LogP contribution in [0.2, 0.25) is 0 Å². The van der Waals surface area contributed by atoms with Crippen molar-refractivity contribution in [2.75, 3.05) is 6.61 Å². The smallest absolute Gasteiger partial charge is 0.324 e. The van der Waals surface area contributed by atoms with Gasteiger partial charge in [0.25, 0.3) is 0 Å². The molecule has 1 atom stereocenters. The van der Waals surface area contributed by atoms with Crippen LogP contribution in [0.1, 0.15) is 62.4 Å². The van der Waals surface area contributed by atoms with Crippen LogP contribution in [-0.4, -0.2) is 24.1 Å². The highest BCUT2D eigenvalue weighted by Crippen LogP contribution is 2.44.